The van der Waals surface area contributed by atoms with Gasteiger partial charge in [-0.25, -0.2) is 0 Å². The molecule has 1 aromatic carbocycles. The minimum atomic E-state index is -3.06. The second kappa shape index (κ2) is 9.50. The smallest absolute Gasteiger partial charge is 0.306 e. The Morgan fingerprint density at radius 3 is 2.31 bits per heavy atom. The zero-order valence-corrected chi connectivity index (χ0v) is 21.2. The number of benzene rings is 1. The van der Waals surface area contributed by atoms with E-state index in [9.17, 15) is 44.4 Å². The predicted molar refractivity (Wildman–Crippen MR) is 131 cm³/mol. The summed E-state index contributed by atoms with van der Waals surface area (Å²) < 4.78 is 5.68. The summed E-state index contributed by atoms with van der Waals surface area (Å²) in [6, 6.07) is 2.85. The number of carboxylic acid groups (broad SMARTS) is 1. The number of likely N-dealkylation sites (N-methyl/N-ethyl adjacent to an activating group) is 1. The van der Waals surface area contributed by atoms with Crippen LogP contribution in [0.5, 0.6) is 5.75 Å². The maximum absolute atomic E-state index is 13.7. The van der Waals surface area contributed by atoms with Crippen molar-refractivity contribution >= 4 is 29.4 Å². The van der Waals surface area contributed by atoms with E-state index in [1.807, 2.05) is 0 Å². The lowest BCUT2D eigenvalue weighted by atomic mass is 9.55. The van der Waals surface area contributed by atoms with E-state index in [1.54, 1.807) is 13.0 Å². The summed E-state index contributed by atoms with van der Waals surface area (Å²) >= 11 is 0. The third kappa shape index (κ3) is 3.96. The summed E-state index contributed by atoms with van der Waals surface area (Å²) in [7, 11) is 2.86. The molecule has 1 aromatic rings. The average Bonchev–Trinajstić information content (AvgIpc) is 2.84. The van der Waals surface area contributed by atoms with E-state index in [0.717, 1.165) is 0 Å². The van der Waals surface area contributed by atoms with Gasteiger partial charge in [-0.2, -0.15) is 0 Å². The molecule has 1 amide bonds. The van der Waals surface area contributed by atoms with Crippen molar-refractivity contribution in [3.8, 4) is 5.75 Å². The molecule has 0 heterocycles. The van der Waals surface area contributed by atoms with Gasteiger partial charge in [0.05, 0.1) is 30.4 Å². The fourth-order valence-electron chi connectivity index (χ4n) is 6.11. The Hall–Kier alpha value is -4.23. The van der Waals surface area contributed by atoms with Crippen molar-refractivity contribution in [2.45, 2.75) is 43.4 Å². The molecule has 208 valence electrons. The maximum atomic E-state index is 13.7. The molecule has 13 heteroatoms. The SMILES string of the molecule is C[C@@H]1c2cccc(O)c2C(=O)C2=C(O)[C@@]3(O)C(=O)C(C(N)=O)=C(O)[C@H](N(C)C)[C@H]3[C@H](OC(=O)CCC(=O)O)[C@H]21. The highest BCUT2D eigenvalue weighted by atomic mass is 16.5. The minimum Gasteiger partial charge on any atom is -0.510 e. The van der Waals surface area contributed by atoms with E-state index in [0.29, 0.717) is 5.56 Å². The molecule has 0 aromatic heterocycles. The molecular weight excluding hydrogens is 516 g/mol. The number of hydrogen-bond donors (Lipinski definition) is 6. The monoisotopic (exact) mass is 544 g/mol. The van der Waals surface area contributed by atoms with Gasteiger partial charge in [0.1, 0.15) is 28.9 Å². The third-order valence-corrected chi connectivity index (χ3v) is 7.78. The van der Waals surface area contributed by atoms with Gasteiger partial charge in [-0.3, -0.25) is 28.9 Å². The number of aliphatic hydroxyl groups is 3. The molecule has 6 atom stereocenters. The topological polar surface area (TPSA) is 225 Å². The number of hydrogen-bond acceptors (Lipinski definition) is 11. The van der Waals surface area contributed by atoms with E-state index < -0.39 is 106 Å². The van der Waals surface area contributed by atoms with E-state index in [1.165, 1.54) is 31.1 Å². The van der Waals surface area contributed by atoms with Crippen LogP contribution in [0.25, 0.3) is 0 Å². The maximum Gasteiger partial charge on any atom is 0.306 e. The highest BCUT2D eigenvalue weighted by Crippen LogP contribution is 2.56. The number of ether oxygens (including phenoxy) is 1. The second-order valence-electron chi connectivity index (χ2n) is 10.1. The van der Waals surface area contributed by atoms with E-state index >= 15 is 0 Å². The number of rotatable bonds is 6. The van der Waals surface area contributed by atoms with Crippen molar-refractivity contribution in [3.63, 3.8) is 0 Å². The second-order valence-corrected chi connectivity index (χ2v) is 10.1. The summed E-state index contributed by atoms with van der Waals surface area (Å²) in [4.78, 5) is 64.7. The summed E-state index contributed by atoms with van der Waals surface area (Å²) in [6.07, 6.45) is -2.79. The lowest BCUT2D eigenvalue weighted by Crippen LogP contribution is -2.69. The first-order valence-electron chi connectivity index (χ1n) is 12.0. The number of esters is 1. The molecule has 0 fully saturated rings. The van der Waals surface area contributed by atoms with Crippen molar-refractivity contribution in [1.29, 1.82) is 0 Å². The fourth-order valence-corrected chi connectivity index (χ4v) is 6.11. The predicted octanol–water partition coefficient (Wildman–Crippen LogP) is 0.0681. The van der Waals surface area contributed by atoms with Gasteiger partial charge >= 0.3 is 11.9 Å². The molecule has 4 rings (SSSR count). The number of Topliss-reactive ketones (excluding diaryl/α,β-unsaturated/α-hetero) is 2. The number of fused-ring (bicyclic) bond motifs is 3. The molecule has 0 saturated heterocycles. The van der Waals surface area contributed by atoms with Crippen LogP contribution in [-0.4, -0.2) is 91.7 Å². The number of ketones is 2. The average molecular weight is 545 g/mol. The van der Waals surface area contributed by atoms with Crippen LogP contribution in [0.4, 0.5) is 0 Å². The lowest BCUT2D eigenvalue weighted by Gasteiger charge is -2.54. The molecule has 0 aliphatic heterocycles. The van der Waals surface area contributed by atoms with Crippen LogP contribution in [0.15, 0.2) is 40.9 Å². The molecule has 39 heavy (non-hydrogen) atoms. The number of phenolic OH excluding ortho intramolecular Hbond substituents is 1. The van der Waals surface area contributed by atoms with E-state index in [2.05, 4.69) is 0 Å². The lowest BCUT2D eigenvalue weighted by molar-refractivity contribution is -0.181. The van der Waals surface area contributed by atoms with Crippen molar-refractivity contribution in [2.24, 2.45) is 17.6 Å². The van der Waals surface area contributed by atoms with Gasteiger partial charge < -0.3 is 36.0 Å². The van der Waals surface area contributed by atoms with Crippen LogP contribution in [0, 0.1) is 11.8 Å². The number of carbonyl (C=O) groups excluding carboxylic acids is 4. The van der Waals surface area contributed by atoms with Crippen LogP contribution in [0.3, 0.4) is 0 Å². The molecule has 3 aliphatic carbocycles. The molecular formula is C26H28N2O11. The number of phenols is 1. The number of aliphatic carboxylic acids is 1. The molecule has 0 bridgehead atoms. The largest absolute Gasteiger partial charge is 0.510 e. The highest BCUT2D eigenvalue weighted by Gasteiger charge is 2.68. The van der Waals surface area contributed by atoms with Gasteiger partial charge in [0.15, 0.2) is 11.4 Å². The van der Waals surface area contributed by atoms with Gasteiger partial charge in [-0.15, -0.1) is 0 Å². The molecule has 3 aliphatic rings. The Bertz CT molecular complexity index is 1380. The van der Waals surface area contributed by atoms with Crippen LogP contribution in [-0.2, 0) is 23.9 Å². The summed E-state index contributed by atoms with van der Waals surface area (Å²) in [5.74, 6) is -12.2. The zero-order valence-electron chi connectivity index (χ0n) is 21.2. The van der Waals surface area contributed by atoms with Crippen LogP contribution in [0.2, 0.25) is 0 Å². The molecule has 13 nitrogen and oxygen atoms in total. The van der Waals surface area contributed by atoms with E-state index in [4.69, 9.17) is 15.6 Å². The van der Waals surface area contributed by atoms with Gasteiger partial charge in [0.25, 0.3) is 5.91 Å². The number of aliphatic hydroxyl groups excluding tert-OH is 2. The van der Waals surface area contributed by atoms with Crippen LogP contribution >= 0.6 is 0 Å². The summed E-state index contributed by atoms with van der Waals surface area (Å²) in [5.41, 5.74) is 0.884. The molecule has 0 radical (unpaired) electrons. The van der Waals surface area contributed by atoms with Gasteiger partial charge in [0.2, 0.25) is 5.78 Å². The molecule has 0 spiro atoms. The quantitative estimate of drug-likeness (QED) is 0.207. The van der Waals surface area contributed by atoms with Gasteiger partial charge in [0, 0.05) is 11.5 Å². The van der Waals surface area contributed by atoms with Crippen molar-refractivity contribution in [1.82, 2.24) is 4.90 Å². The fraction of sp³-hybridized carbons (Fsp3) is 0.423. The Labute approximate surface area is 221 Å². The number of aromatic hydroxyl groups is 1. The number of nitrogens with two attached hydrogens (primary N) is 1. The number of primary amides is 1. The van der Waals surface area contributed by atoms with Crippen molar-refractivity contribution < 1.29 is 54.2 Å². The van der Waals surface area contributed by atoms with Gasteiger partial charge in [-0.1, -0.05) is 19.1 Å². The van der Waals surface area contributed by atoms with Crippen molar-refractivity contribution in [3.05, 3.63) is 52.0 Å². The standard InChI is InChI=1S/C26H28N2O11/c1-9-10-5-4-6-11(29)15(10)20(33)16-14(9)22(39-13(32)8-7-12(30)31)18-19(28(2)3)21(34)17(25(27)37)24(36)26(18,38)23(16)35/h4-6,9,14,18-19,22,29,34-35,38H,7-8H2,1-3H3,(H2,27,37)(H,30,31)/t9-,14+,18+,19-,22-,26-/m1/s1. The Kier molecular flexibility index (Phi) is 6.77. The number of carbonyl (C=O) groups is 5. The number of amides is 1. The number of carboxylic acids is 1. The highest BCUT2D eigenvalue weighted by molar-refractivity contribution is 6.25. The Balaban J connectivity index is 2.04. The first kappa shape index (κ1) is 27.8. The summed E-state index contributed by atoms with van der Waals surface area (Å²) in [6.45, 7) is 1.62. The van der Waals surface area contributed by atoms with E-state index in [-0.39, 0.29) is 5.56 Å². The van der Waals surface area contributed by atoms with Crippen molar-refractivity contribution in [2.75, 3.05) is 14.1 Å². The third-order valence-electron chi connectivity index (χ3n) is 7.78. The Morgan fingerprint density at radius 1 is 1.10 bits per heavy atom. The molecule has 0 unspecified atom stereocenters. The zero-order chi connectivity index (χ0) is 29.1. The number of nitrogens with zero attached hydrogens (tertiary/aromatic N) is 1. The van der Waals surface area contributed by atoms with Gasteiger partial charge in [-0.05, 0) is 31.6 Å². The first-order chi connectivity index (χ1) is 18.2. The Morgan fingerprint density at radius 2 is 1.74 bits per heavy atom. The van der Waals surface area contributed by atoms with Crippen LogP contribution in [0.1, 0.15) is 41.6 Å². The first-order valence-corrected chi connectivity index (χ1v) is 12.0. The minimum absolute atomic E-state index is 0.193. The normalized spacial score (nSPS) is 30.0. The summed E-state index contributed by atoms with van der Waals surface area (Å²) in [5, 5.41) is 53.8. The molecule has 7 N–H and O–H groups in total. The van der Waals surface area contributed by atoms with Crippen LogP contribution < -0.4 is 5.73 Å². The molecule has 0 saturated carbocycles.